The van der Waals surface area contributed by atoms with Gasteiger partial charge in [-0.2, -0.15) is 5.26 Å². The standard InChI is InChI=1S/C17H17N5OS/c1-2-7-24-17-20-15(19)13-8-14(23)22(16(13)21-17)10-12-5-3-11(9-18)4-6-12/h3-6H,2,7-8,10H2,1H3,(H2,19,20,21). The van der Waals surface area contributed by atoms with Gasteiger partial charge in [0.2, 0.25) is 5.91 Å². The molecule has 0 spiro atoms. The predicted octanol–water partition coefficient (Wildman–Crippen LogP) is 2.52. The Morgan fingerprint density at radius 1 is 1.33 bits per heavy atom. The summed E-state index contributed by atoms with van der Waals surface area (Å²) >= 11 is 1.54. The Morgan fingerprint density at radius 2 is 2.08 bits per heavy atom. The molecule has 1 amide bonds. The zero-order valence-corrected chi connectivity index (χ0v) is 14.1. The number of aromatic nitrogens is 2. The lowest BCUT2D eigenvalue weighted by atomic mass is 10.1. The molecule has 0 saturated carbocycles. The number of hydrogen-bond donors (Lipinski definition) is 1. The molecule has 0 saturated heterocycles. The summed E-state index contributed by atoms with van der Waals surface area (Å²) in [5.74, 6) is 1.86. The Labute approximate surface area is 144 Å². The van der Waals surface area contributed by atoms with E-state index in [-0.39, 0.29) is 12.3 Å². The smallest absolute Gasteiger partial charge is 0.233 e. The summed E-state index contributed by atoms with van der Waals surface area (Å²) in [7, 11) is 0. The minimum Gasteiger partial charge on any atom is -0.383 e. The number of rotatable bonds is 5. The first-order valence-corrected chi connectivity index (χ1v) is 8.69. The summed E-state index contributed by atoms with van der Waals surface area (Å²) in [5.41, 5.74) is 8.26. The molecule has 0 bridgehead atoms. The molecule has 1 aliphatic heterocycles. The molecule has 2 N–H and O–H groups in total. The number of nitrogens with zero attached hydrogens (tertiary/aromatic N) is 4. The van der Waals surface area contributed by atoms with Crippen LogP contribution in [0.25, 0.3) is 0 Å². The summed E-state index contributed by atoms with van der Waals surface area (Å²) in [6, 6.07) is 9.27. The maximum absolute atomic E-state index is 12.4. The van der Waals surface area contributed by atoms with Gasteiger partial charge in [0.05, 0.1) is 24.6 Å². The molecule has 24 heavy (non-hydrogen) atoms. The van der Waals surface area contributed by atoms with Gasteiger partial charge in [0, 0.05) is 11.3 Å². The van der Waals surface area contributed by atoms with Crippen LogP contribution in [0.2, 0.25) is 0 Å². The predicted molar refractivity (Wildman–Crippen MR) is 93.5 cm³/mol. The minimum absolute atomic E-state index is 0.0343. The third kappa shape index (κ3) is 3.19. The molecule has 2 heterocycles. The van der Waals surface area contributed by atoms with Gasteiger partial charge in [-0.15, -0.1) is 0 Å². The normalized spacial score (nSPS) is 13.0. The maximum atomic E-state index is 12.4. The minimum atomic E-state index is -0.0343. The van der Waals surface area contributed by atoms with E-state index in [0.717, 1.165) is 17.7 Å². The second kappa shape index (κ2) is 6.89. The fraction of sp³-hybridized carbons (Fsp3) is 0.294. The van der Waals surface area contributed by atoms with E-state index in [2.05, 4.69) is 23.0 Å². The average molecular weight is 339 g/mol. The van der Waals surface area contributed by atoms with Gasteiger partial charge in [-0.25, -0.2) is 9.97 Å². The highest BCUT2D eigenvalue weighted by Gasteiger charge is 2.31. The number of carbonyl (C=O) groups excluding carboxylic acids is 1. The van der Waals surface area contributed by atoms with Gasteiger partial charge in [0.15, 0.2) is 5.16 Å². The number of benzene rings is 1. The molecule has 0 aliphatic carbocycles. The van der Waals surface area contributed by atoms with E-state index >= 15 is 0 Å². The Kier molecular flexibility index (Phi) is 4.67. The fourth-order valence-corrected chi connectivity index (χ4v) is 3.21. The Balaban J connectivity index is 1.89. The van der Waals surface area contributed by atoms with Crippen molar-refractivity contribution in [2.75, 3.05) is 16.4 Å². The van der Waals surface area contributed by atoms with Crippen molar-refractivity contribution < 1.29 is 4.79 Å². The lowest BCUT2D eigenvalue weighted by Gasteiger charge is -2.17. The lowest BCUT2D eigenvalue weighted by molar-refractivity contribution is -0.117. The van der Waals surface area contributed by atoms with Crippen molar-refractivity contribution in [3.8, 4) is 6.07 Å². The van der Waals surface area contributed by atoms with Crippen molar-refractivity contribution in [1.82, 2.24) is 9.97 Å². The molecule has 122 valence electrons. The maximum Gasteiger partial charge on any atom is 0.233 e. The molecule has 7 heteroatoms. The SMILES string of the molecule is CCCSc1nc(N)c2c(n1)N(Cc1ccc(C#N)cc1)C(=O)C2. The van der Waals surface area contributed by atoms with E-state index in [1.165, 1.54) is 11.8 Å². The molecule has 0 atom stereocenters. The monoisotopic (exact) mass is 339 g/mol. The van der Waals surface area contributed by atoms with Gasteiger partial charge in [0.25, 0.3) is 0 Å². The number of fused-ring (bicyclic) bond motifs is 1. The van der Waals surface area contributed by atoms with E-state index in [4.69, 9.17) is 11.0 Å². The number of thioether (sulfide) groups is 1. The van der Waals surface area contributed by atoms with Crippen LogP contribution in [-0.4, -0.2) is 21.6 Å². The molecule has 1 aromatic heterocycles. The van der Waals surface area contributed by atoms with E-state index < -0.39 is 0 Å². The zero-order chi connectivity index (χ0) is 17.1. The molecular weight excluding hydrogens is 322 g/mol. The second-order valence-corrected chi connectivity index (χ2v) is 6.57. The first-order chi connectivity index (χ1) is 11.6. The first kappa shape index (κ1) is 16.3. The summed E-state index contributed by atoms with van der Waals surface area (Å²) in [6.45, 7) is 2.50. The molecule has 3 rings (SSSR count). The highest BCUT2D eigenvalue weighted by atomic mass is 32.2. The number of carbonyl (C=O) groups is 1. The molecule has 0 fully saturated rings. The number of nitrogen functional groups attached to an aromatic ring is 1. The van der Waals surface area contributed by atoms with Gasteiger partial charge < -0.3 is 5.73 Å². The van der Waals surface area contributed by atoms with Crippen LogP contribution in [-0.2, 0) is 17.8 Å². The first-order valence-electron chi connectivity index (χ1n) is 7.71. The molecular formula is C17H17N5OS. The fourth-order valence-electron chi connectivity index (χ4n) is 2.51. The summed E-state index contributed by atoms with van der Waals surface area (Å²) in [5, 5.41) is 9.47. The number of nitrogens with two attached hydrogens (primary N) is 1. The van der Waals surface area contributed by atoms with Crippen LogP contribution < -0.4 is 10.6 Å². The number of amides is 1. The van der Waals surface area contributed by atoms with Gasteiger partial charge >= 0.3 is 0 Å². The highest BCUT2D eigenvalue weighted by Crippen LogP contribution is 2.33. The average Bonchev–Trinajstić information content (AvgIpc) is 2.90. The van der Waals surface area contributed by atoms with Crippen LogP contribution >= 0.6 is 11.8 Å². The largest absolute Gasteiger partial charge is 0.383 e. The molecule has 1 aromatic carbocycles. The summed E-state index contributed by atoms with van der Waals surface area (Å²) < 4.78 is 0. The van der Waals surface area contributed by atoms with Crippen LogP contribution in [0.5, 0.6) is 0 Å². The third-order valence-electron chi connectivity index (χ3n) is 3.74. The van der Waals surface area contributed by atoms with Gasteiger partial charge in [-0.3, -0.25) is 9.69 Å². The molecule has 2 aromatic rings. The molecule has 6 nitrogen and oxygen atoms in total. The van der Waals surface area contributed by atoms with Crippen molar-refractivity contribution in [1.29, 1.82) is 5.26 Å². The van der Waals surface area contributed by atoms with Crippen LogP contribution in [0.1, 0.15) is 30.0 Å². The van der Waals surface area contributed by atoms with Crippen molar-refractivity contribution in [2.45, 2.75) is 31.5 Å². The highest BCUT2D eigenvalue weighted by molar-refractivity contribution is 7.99. The third-order valence-corrected chi connectivity index (χ3v) is 4.79. The topological polar surface area (TPSA) is 95.9 Å². The number of hydrogen-bond acceptors (Lipinski definition) is 6. The Hall–Kier alpha value is -2.59. The molecule has 0 radical (unpaired) electrons. The zero-order valence-electron chi connectivity index (χ0n) is 13.3. The van der Waals surface area contributed by atoms with E-state index in [9.17, 15) is 4.79 Å². The quantitative estimate of drug-likeness (QED) is 0.664. The van der Waals surface area contributed by atoms with Gasteiger partial charge in [0.1, 0.15) is 11.6 Å². The van der Waals surface area contributed by atoms with E-state index in [1.807, 2.05) is 12.1 Å². The van der Waals surface area contributed by atoms with Gasteiger partial charge in [-0.1, -0.05) is 30.8 Å². The van der Waals surface area contributed by atoms with Crippen LogP contribution in [0.4, 0.5) is 11.6 Å². The molecule has 1 aliphatic rings. The van der Waals surface area contributed by atoms with E-state index in [1.54, 1.807) is 17.0 Å². The van der Waals surface area contributed by atoms with Gasteiger partial charge in [-0.05, 0) is 24.1 Å². The Bertz CT molecular complexity index is 813. The van der Waals surface area contributed by atoms with Crippen molar-refractivity contribution in [3.05, 3.63) is 41.0 Å². The van der Waals surface area contributed by atoms with E-state index in [0.29, 0.717) is 34.5 Å². The van der Waals surface area contributed by atoms with Crippen LogP contribution in [0.3, 0.4) is 0 Å². The van der Waals surface area contributed by atoms with Crippen LogP contribution in [0.15, 0.2) is 29.4 Å². The van der Waals surface area contributed by atoms with Crippen LogP contribution in [0, 0.1) is 11.3 Å². The van der Waals surface area contributed by atoms with Crippen molar-refractivity contribution in [3.63, 3.8) is 0 Å². The second-order valence-electron chi connectivity index (χ2n) is 5.51. The summed E-state index contributed by atoms with van der Waals surface area (Å²) in [6.07, 6.45) is 1.25. The van der Waals surface area contributed by atoms with Crippen molar-refractivity contribution in [2.24, 2.45) is 0 Å². The van der Waals surface area contributed by atoms with Crippen molar-refractivity contribution >= 4 is 29.3 Å². The molecule has 0 unspecified atom stereocenters. The Morgan fingerprint density at radius 3 is 2.75 bits per heavy atom. The lowest BCUT2D eigenvalue weighted by Crippen LogP contribution is -2.26. The number of anilines is 2. The number of nitriles is 1. The summed E-state index contributed by atoms with van der Waals surface area (Å²) in [4.78, 5) is 22.9.